The number of halogens is 3. The molecule has 0 aromatic carbocycles. The van der Waals surface area contributed by atoms with Crippen LogP contribution in [0.4, 0.5) is 18.9 Å². The minimum atomic E-state index is -4.54. The van der Waals surface area contributed by atoms with Crippen LogP contribution < -0.4 is 5.43 Å². The van der Waals surface area contributed by atoms with Crippen molar-refractivity contribution in [2.45, 2.75) is 6.18 Å². The Morgan fingerprint density at radius 3 is 2.32 bits per heavy atom. The Hall–Kier alpha value is -2.90. The summed E-state index contributed by atoms with van der Waals surface area (Å²) < 4.78 is 39.4. The fraction of sp³-hybridized carbons (Fsp3) is 0.0714. The van der Waals surface area contributed by atoms with Gasteiger partial charge in [-0.05, 0) is 30.3 Å². The molecule has 0 saturated heterocycles. The van der Waals surface area contributed by atoms with Crippen molar-refractivity contribution in [3.8, 4) is 11.3 Å². The van der Waals surface area contributed by atoms with Gasteiger partial charge in [0.05, 0.1) is 17.6 Å². The summed E-state index contributed by atoms with van der Waals surface area (Å²) in [6.45, 7) is 0. The standard InChI is InChI=1S/C14H10F3N5/c15-14(16,17)13-7-12(10-3-1-5-18-8-10)21-22(13)20-11-4-2-6-19-9-11/h1-9,20H. The van der Waals surface area contributed by atoms with E-state index in [4.69, 9.17) is 0 Å². The average molecular weight is 305 g/mol. The van der Waals surface area contributed by atoms with E-state index in [1.165, 1.54) is 18.6 Å². The number of pyridine rings is 2. The highest BCUT2D eigenvalue weighted by Crippen LogP contribution is 2.32. The molecular weight excluding hydrogens is 295 g/mol. The number of hydrogen-bond donors (Lipinski definition) is 1. The lowest BCUT2D eigenvalue weighted by atomic mass is 10.2. The molecule has 0 radical (unpaired) electrons. The normalized spacial score (nSPS) is 11.4. The van der Waals surface area contributed by atoms with Gasteiger partial charge in [0.1, 0.15) is 0 Å². The first-order valence-electron chi connectivity index (χ1n) is 6.29. The van der Waals surface area contributed by atoms with Crippen LogP contribution in [0.5, 0.6) is 0 Å². The van der Waals surface area contributed by atoms with Crippen molar-refractivity contribution >= 4 is 5.69 Å². The van der Waals surface area contributed by atoms with Crippen molar-refractivity contribution in [3.05, 3.63) is 60.8 Å². The molecule has 0 bridgehead atoms. The lowest BCUT2D eigenvalue weighted by Crippen LogP contribution is -2.20. The predicted molar refractivity (Wildman–Crippen MR) is 73.7 cm³/mol. The first kappa shape index (κ1) is 14.1. The van der Waals surface area contributed by atoms with E-state index >= 15 is 0 Å². The van der Waals surface area contributed by atoms with Crippen LogP contribution in [-0.4, -0.2) is 19.9 Å². The molecule has 0 unspecified atom stereocenters. The zero-order chi connectivity index (χ0) is 15.6. The monoisotopic (exact) mass is 305 g/mol. The molecule has 3 aromatic heterocycles. The van der Waals surface area contributed by atoms with Crippen LogP contribution >= 0.6 is 0 Å². The van der Waals surface area contributed by atoms with Gasteiger partial charge in [-0.25, -0.2) is 0 Å². The summed E-state index contributed by atoms with van der Waals surface area (Å²) >= 11 is 0. The topological polar surface area (TPSA) is 55.6 Å². The van der Waals surface area contributed by atoms with Gasteiger partial charge in [0.15, 0.2) is 5.69 Å². The second-order valence-corrected chi connectivity index (χ2v) is 4.42. The van der Waals surface area contributed by atoms with Gasteiger partial charge in [-0.3, -0.25) is 15.4 Å². The fourth-order valence-corrected chi connectivity index (χ4v) is 1.87. The highest BCUT2D eigenvalue weighted by molar-refractivity contribution is 5.58. The summed E-state index contributed by atoms with van der Waals surface area (Å²) in [4.78, 5) is 8.42. The second-order valence-electron chi connectivity index (χ2n) is 4.42. The van der Waals surface area contributed by atoms with E-state index in [9.17, 15) is 13.2 Å². The van der Waals surface area contributed by atoms with E-state index in [1.807, 2.05) is 0 Å². The van der Waals surface area contributed by atoms with Gasteiger partial charge in [-0.2, -0.15) is 23.1 Å². The number of alkyl halides is 3. The maximum atomic E-state index is 13.1. The summed E-state index contributed by atoms with van der Waals surface area (Å²) in [5, 5.41) is 3.96. The molecule has 0 aliphatic carbocycles. The Labute approximate surface area is 123 Å². The molecular formula is C14H10F3N5. The van der Waals surface area contributed by atoms with Crippen molar-refractivity contribution in [1.82, 2.24) is 19.9 Å². The maximum Gasteiger partial charge on any atom is 0.435 e. The summed E-state index contributed by atoms with van der Waals surface area (Å²) in [6.07, 6.45) is 1.39. The Bertz CT molecular complexity index is 753. The molecule has 1 N–H and O–H groups in total. The number of rotatable bonds is 3. The number of nitrogens with zero attached hydrogens (tertiary/aromatic N) is 4. The lowest BCUT2D eigenvalue weighted by molar-refractivity contribution is -0.143. The summed E-state index contributed by atoms with van der Waals surface area (Å²) in [7, 11) is 0. The fourth-order valence-electron chi connectivity index (χ4n) is 1.87. The number of hydrogen-bond acceptors (Lipinski definition) is 4. The van der Waals surface area contributed by atoms with Crippen molar-refractivity contribution < 1.29 is 13.2 Å². The van der Waals surface area contributed by atoms with Crippen LogP contribution in [0.2, 0.25) is 0 Å². The van der Waals surface area contributed by atoms with Gasteiger partial charge in [0.25, 0.3) is 0 Å². The maximum absolute atomic E-state index is 13.1. The van der Waals surface area contributed by atoms with Crippen LogP contribution in [0, 0.1) is 0 Å². The number of aromatic nitrogens is 4. The third-order valence-electron chi connectivity index (χ3n) is 2.85. The first-order valence-corrected chi connectivity index (χ1v) is 6.29. The SMILES string of the molecule is FC(F)(F)c1cc(-c2cccnc2)nn1Nc1cccnc1. The molecule has 0 aliphatic rings. The van der Waals surface area contributed by atoms with Crippen molar-refractivity contribution in [3.63, 3.8) is 0 Å². The first-order chi connectivity index (χ1) is 10.5. The molecule has 8 heteroatoms. The van der Waals surface area contributed by atoms with Crippen LogP contribution in [-0.2, 0) is 6.18 Å². The van der Waals surface area contributed by atoms with E-state index < -0.39 is 11.9 Å². The Balaban J connectivity index is 2.03. The quantitative estimate of drug-likeness (QED) is 0.807. The summed E-state index contributed by atoms with van der Waals surface area (Å²) in [5.74, 6) is 0. The minimum Gasteiger partial charge on any atom is -0.276 e. The Morgan fingerprint density at radius 1 is 1.00 bits per heavy atom. The van der Waals surface area contributed by atoms with E-state index in [1.54, 1.807) is 30.5 Å². The molecule has 0 spiro atoms. The molecule has 0 aliphatic heterocycles. The Kier molecular flexibility index (Phi) is 3.50. The molecule has 5 nitrogen and oxygen atoms in total. The lowest BCUT2D eigenvalue weighted by Gasteiger charge is -2.11. The predicted octanol–water partition coefficient (Wildman–Crippen LogP) is 3.23. The summed E-state index contributed by atoms with van der Waals surface area (Å²) in [5.41, 5.74) is 2.74. The molecule has 3 heterocycles. The van der Waals surface area contributed by atoms with E-state index in [0.29, 0.717) is 16.0 Å². The third-order valence-corrected chi connectivity index (χ3v) is 2.85. The average Bonchev–Trinajstić information content (AvgIpc) is 2.93. The van der Waals surface area contributed by atoms with Crippen LogP contribution in [0.15, 0.2) is 55.1 Å². The molecule has 0 saturated carbocycles. The van der Waals surface area contributed by atoms with Crippen molar-refractivity contribution in [2.75, 3.05) is 5.43 Å². The van der Waals surface area contributed by atoms with E-state index in [0.717, 1.165) is 6.07 Å². The van der Waals surface area contributed by atoms with Crippen LogP contribution in [0.1, 0.15) is 5.69 Å². The van der Waals surface area contributed by atoms with Crippen molar-refractivity contribution in [2.24, 2.45) is 0 Å². The van der Waals surface area contributed by atoms with Gasteiger partial charge in [-0.15, -0.1) is 0 Å². The highest BCUT2D eigenvalue weighted by atomic mass is 19.4. The van der Waals surface area contributed by atoms with Crippen molar-refractivity contribution in [1.29, 1.82) is 0 Å². The van der Waals surface area contributed by atoms with Gasteiger partial charge in [0, 0.05) is 24.2 Å². The largest absolute Gasteiger partial charge is 0.435 e. The van der Waals surface area contributed by atoms with Crippen LogP contribution in [0.25, 0.3) is 11.3 Å². The molecule has 3 aromatic rings. The third kappa shape index (κ3) is 2.90. The van der Waals surface area contributed by atoms with Gasteiger partial charge in [0.2, 0.25) is 0 Å². The highest BCUT2D eigenvalue weighted by Gasteiger charge is 2.36. The molecule has 0 amide bonds. The second kappa shape index (κ2) is 5.47. The minimum absolute atomic E-state index is 0.178. The molecule has 112 valence electrons. The zero-order valence-corrected chi connectivity index (χ0v) is 11.1. The van der Waals surface area contributed by atoms with Crippen LogP contribution in [0.3, 0.4) is 0 Å². The molecule has 3 rings (SSSR count). The smallest absolute Gasteiger partial charge is 0.276 e. The Morgan fingerprint density at radius 2 is 1.73 bits per heavy atom. The van der Waals surface area contributed by atoms with E-state index in [-0.39, 0.29) is 5.69 Å². The number of nitrogens with one attached hydrogen (secondary N) is 1. The van der Waals surface area contributed by atoms with Gasteiger partial charge < -0.3 is 0 Å². The summed E-state index contributed by atoms with van der Waals surface area (Å²) in [6, 6.07) is 7.46. The molecule has 0 atom stereocenters. The van der Waals surface area contributed by atoms with Gasteiger partial charge in [-0.1, -0.05) is 0 Å². The number of anilines is 1. The molecule has 22 heavy (non-hydrogen) atoms. The zero-order valence-electron chi connectivity index (χ0n) is 11.1. The van der Waals surface area contributed by atoms with E-state index in [2.05, 4.69) is 20.5 Å². The van der Waals surface area contributed by atoms with Gasteiger partial charge >= 0.3 is 6.18 Å². The molecule has 0 fully saturated rings.